The molecular weight excluding hydrogens is 326 g/mol. The van der Waals surface area contributed by atoms with Gasteiger partial charge in [0.05, 0.1) is 13.2 Å². The first kappa shape index (κ1) is 19.8. The fourth-order valence-electron chi connectivity index (χ4n) is 2.86. The molecule has 2 amide bonds. The Morgan fingerprint density at radius 2 is 1.73 bits per heavy atom. The van der Waals surface area contributed by atoms with E-state index in [1.807, 2.05) is 57.5 Å². The number of methoxy groups -OCH3 is 1. The van der Waals surface area contributed by atoms with Crippen LogP contribution in [0.25, 0.3) is 0 Å². The van der Waals surface area contributed by atoms with Crippen molar-refractivity contribution in [2.24, 2.45) is 0 Å². The number of benzene rings is 2. The molecule has 1 unspecified atom stereocenters. The Hall–Kier alpha value is -2.53. The average Bonchev–Trinajstić information content (AvgIpc) is 2.63. The van der Waals surface area contributed by atoms with Gasteiger partial charge in [0.1, 0.15) is 5.75 Å². The number of aryl methyl sites for hydroxylation is 1. The van der Waals surface area contributed by atoms with E-state index in [1.165, 1.54) is 5.56 Å². The van der Waals surface area contributed by atoms with Gasteiger partial charge in [-0.25, -0.2) is 4.79 Å². The van der Waals surface area contributed by atoms with E-state index >= 15 is 0 Å². The van der Waals surface area contributed by atoms with Gasteiger partial charge >= 0.3 is 6.03 Å². The zero-order chi connectivity index (χ0) is 19.1. The maximum Gasteiger partial charge on any atom is 0.317 e. The number of urea groups is 1. The van der Waals surface area contributed by atoms with Gasteiger partial charge in [0.2, 0.25) is 0 Å². The van der Waals surface area contributed by atoms with E-state index in [4.69, 9.17) is 4.74 Å². The summed E-state index contributed by atoms with van der Waals surface area (Å²) in [5.41, 5.74) is 3.48. The zero-order valence-electron chi connectivity index (χ0n) is 16.3. The van der Waals surface area contributed by atoms with Gasteiger partial charge in [-0.15, -0.1) is 0 Å². The van der Waals surface area contributed by atoms with Crippen molar-refractivity contribution in [3.63, 3.8) is 0 Å². The third-order valence-electron chi connectivity index (χ3n) is 4.59. The summed E-state index contributed by atoms with van der Waals surface area (Å²) in [4.78, 5) is 16.3. The smallest absolute Gasteiger partial charge is 0.317 e. The highest BCUT2D eigenvalue weighted by molar-refractivity contribution is 5.74. The minimum atomic E-state index is -0.0754. The van der Waals surface area contributed by atoms with Gasteiger partial charge in [0.25, 0.3) is 0 Å². The van der Waals surface area contributed by atoms with E-state index in [2.05, 4.69) is 29.3 Å². The van der Waals surface area contributed by atoms with Gasteiger partial charge in [-0.2, -0.15) is 0 Å². The third-order valence-corrected chi connectivity index (χ3v) is 4.59. The van der Waals surface area contributed by atoms with Crippen molar-refractivity contribution < 1.29 is 9.53 Å². The number of hydrogen-bond donors (Lipinski definition) is 1. The molecule has 0 aliphatic carbocycles. The fourth-order valence-corrected chi connectivity index (χ4v) is 2.86. The highest BCUT2D eigenvalue weighted by Gasteiger charge is 2.17. The number of hydrogen-bond acceptors (Lipinski definition) is 3. The highest BCUT2D eigenvalue weighted by Crippen LogP contribution is 2.20. The van der Waals surface area contributed by atoms with Crippen LogP contribution in [-0.2, 0) is 6.54 Å². The van der Waals surface area contributed by atoms with Crippen LogP contribution in [0.3, 0.4) is 0 Å². The lowest BCUT2D eigenvalue weighted by Crippen LogP contribution is -2.41. The highest BCUT2D eigenvalue weighted by atomic mass is 16.5. The van der Waals surface area contributed by atoms with E-state index in [0.29, 0.717) is 13.1 Å². The van der Waals surface area contributed by atoms with Crippen molar-refractivity contribution in [3.8, 4) is 5.75 Å². The van der Waals surface area contributed by atoms with Crippen LogP contribution in [0.2, 0.25) is 0 Å². The minimum Gasteiger partial charge on any atom is -0.497 e. The standard InChI is InChI=1S/C21H29N3O2/c1-16-8-6-7-9-18(16)15-24(4)21(25)22-14-20(23(2)3)17-10-12-19(26-5)13-11-17/h6-13,20H,14-15H2,1-5H3,(H,22,25). The molecular formula is C21H29N3O2. The number of amides is 2. The summed E-state index contributed by atoms with van der Waals surface area (Å²) in [5.74, 6) is 0.827. The number of carbonyl (C=O) groups is 1. The van der Waals surface area contributed by atoms with Crippen LogP contribution >= 0.6 is 0 Å². The second kappa shape index (κ2) is 9.25. The molecule has 26 heavy (non-hydrogen) atoms. The predicted molar refractivity (Wildman–Crippen MR) is 105 cm³/mol. The maximum absolute atomic E-state index is 12.5. The number of ether oxygens (including phenoxy) is 1. The Labute approximate surface area is 156 Å². The lowest BCUT2D eigenvalue weighted by molar-refractivity contribution is 0.200. The Morgan fingerprint density at radius 3 is 2.31 bits per heavy atom. The number of nitrogens with one attached hydrogen (secondary N) is 1. The summed E-state index contributed by atoms with van der Waals surface area (Å²) in [6.45, 7) is 3.19. The van der Waals surface area contributed by atoms with Crippen molar-refractivity contribution in [2.45, 2.75) is 19.5 Å². The molecule has 2 rings (SSSR count). The Balaban J connectivity index is 1.97. The summed E-state index contributed by atoms with van der Waals surface area (Å²) in [6, 6.07) is 16.1. The number of rotatable bonds is 7. The number of likely N-dealkylation sites (N-methyl/N-ethyl adjacent to an activating group) is 1. The van der Waals surface area contributed by atoms with Crippen molar-refractivity contribution in [1.82, 2.24) is 15.1 Å². The zero-order valence-corrected chi connectivity index (χ0v) is 16.3. The monoisotopic (exact) mass is 355 g/mol. The van der Waals surface area contributed by atoms with Crippen LogP contribution in [-0.4, -0.2) is 50.6 Å². The minimum absolute atomic E-state index is 0.0754. The van der Waals surface area contributed by atoms with Gasteiger partial charge in [-0.05, 0) is 49.8 Å². The van der Waals surface area contributed by atoms with Crippen LogP contribution in [0.4, 0.5) is 4.79 Å². The summed E-state index contributed by atoms with van der Waals surface area (Å²) in [6.07, 6.45) is 0. The van der Waals surface area contributed by atoms with Crippen molar-refractivity contribution in [1.29, 1.82) is 0 Å². The first-order valence-corrected chi connectivity index (χ1v) is 8.76. The first-order valence-electron chi connectivity index (χ1n) is 8.76. The lowest BCUT2D eigenvalue weighted by atomic mass is 10.1. The van der Waals surface area contributed by atoms with Gasteiger partial charge < -0.3 is 19.9 Å². The first-order chi connectivity index (χ1) is 12.4. The van der Waals surface area contributed by atoms with Crippen LogP contribution < -0.4 is 10.1 Å². The maximum atomic E-state index is 12.5. The van der Waals surface area contributed by atoms with Crippen LogP contribution in [0.15, 0.2) is 48.5 Å². The Kier molecular flexibility index (Phi) is 7.04. The molecule has 5 heteroatoms. The van der Waals surface area contributed by atoms with Gasteiger partial charge in [-0.3, -0.25) is 0 Å². The molecule has 0 radical (unpaired) electrons. The Bertz CT molecular complexity index is 713. The second-order valence-corrected chi connectivity index (χ2v) is 6.72. The van der Waals surface area contributed by atoms with Gasteiger partial charge in [0, 0.05) is 20.1 Å². The van der Waals surface area contributed by atoms with E-state index in [0.717, 1.165) is 16.9 Å². The summed E-state index contributed by atoms with van der Waals surface area (Å²) in [5, 5.41) is 3.04. The normalized spacial score (nSPS) is 11.9. The lowest BCUT2D eigenvalue weighted by Gasteiger charge is -2.27. The summed E-state index contributed by atoms with van der Waals surface area (Å²) in [7, 11) is 7.50. The molecule has 0 aliphatic rings. The topological polar surface area (TPSA) is 44.8 Å². The molecule has 0 saturated carbocycles. The van der Waals surface area contributed by atoms with Crippen LogP contribution in [0.5, 0.6) is 5.75 Å². The SMILES string of the molecule is COc1ccc(C(CNC(=O)N(C)Cc2ccccc2C)N(C)C)cc1. The largest absolute Gasteiger partial charge is 0.497 e. The van der Waals surface area contributed by atoms with Crippen molar-refractivity contribution >= 4 is 6.03 Å². The summed E-state index contributed by atoms with van der Waals surface area (Å²) < 4.78 is 5.22. The van der Waals surface area contributed by atoms with E-state index < -0.39 is 0 Å². The van der Waals surface area contributed by atoms with Crippen molar-refractivity contribution in [2.75, 3.05) is 34.8 Å². The molecule has 0 spiro atoms. The molecule has 1 atom stereocenters. The van der Waals surface area contributed by atoms with Crippen LogP contribution in [0.1, 0.15) is 22.7 Å². The number of nitrogens with zero attached hydrogens (tertiary/aromatic N) is 2. The third kappa shape index (κ3) is 5.23. The van der Waals surface area contributed by atoms with Gasteiger partial charge in [0.15, 0.2) is 0 Å². The number of carbonyl (C=O) groups excluding carboxylic acids is 1. The molecule has 5 nitrogen and oxygen atoms in total. The molecule has 0 aliphatic heterocycles. The molecule has 0 bridgehead atoms. The van der Waals surface area contributed by atoms with E-state index in [9.17, 15) is 4.79 Å². The average molecular weight is 355 g/mol. The molecule has 0 fully saturated rings. The second-order valence-electron chi connectivity index (χ2n) is 6.72. The predicted octanol–water partition coefficient (Wildman–Crippen LogP) is 3.45. The van der Waals surface area contributed by atoms with E-state index in [-0.39, 0.29) is 12.1 Å². The van der Waals surface area contributed by atoms with Gasteiger partial charge in [-0.1, -0.05) is 36.4 Å². The molecule has 0 saturated heterocycles. The van der Waals surface area contributed by atoms with Crippen LogP contribution in [0, 0.1) is 6.92 Å². The fraction of sp³-hybridized carbons (Fsp3) is 0.381. The molecule has 2 aromatic carbocycles. The van der Waals surface area contributed by atoms with Crippen molar-refractivity contribution in [3.05, 3.63) is 65.2 Å². The molecule has 0 aromatic heterocycles. The molecule has 140 valence electrons. The Morgan fingerprint density at radius 1 is 1.08 bits per heavy atom. The molecule has 0 heterocycles. The molecule has 1 N–H and O–H groups in total. The summed E-state index contributed by atoms with van der Waals surface area (Å²) >= 11 is 0. The molecule has 2 aromatic rings. The quantitative estimate of drug-likeness (QED) is 0.827. The van der Waals surface area contributed by atoms with E-state index in [1.54, 1.807) is 12.0 Å².